The van der Waals surface area contributed by atoms with E-state index in [1.54, 1.807) is 26.0 Å². The quantitative estimate of drug-likeness (QED) is 0.730. The third-order valence-electron chi connectivity index (χ3n) is 3.85. The molecule has 130 valence electrons. The normalized spacial score (nSPS) is 12.4. The van der Waals surface area contributed by atoms with E-state index < -0.39 is 17.3 Å². The van der Waals surface area contributed by atoms with Gasteiger partial charge in [0, 0.05) is 0 Å². The molecule has 0 aliphatic heterocycles. The predicted molar refractivity (Wildman–Crippen MR) is 90.3 cm³/mol. The highest BCUT2D eigenvalue weighted by Gasteiger charge is 2.33. The van der Waals surface area contributed by atoms with E-state index in [0.29, 0.717) is 29.7 Å². The maximum atomic E-state index is 13.2. The number of benzene rings is 2. The summed E-state index contributed by atoms with van der Waals surface area (Å²) in [4.78, 5) is 0. The molecular weight excluding hydrogens is 317 g/mol. The fourth-order valence-electron chi connectivity index (χ4n) is 2.52. The Hall–Kier alpha value is -2.21. The van der Waals surface area contributed by atoms with Gasteiger partial charge in [0.1, 0.15) is 0 Å². The van der Waals surface area contributed by atoms with Crippen LogP contribution in [0, 0.1) is 0 Å². The second-order valence-corrected chi connectivity index (χ2v) is 6.49. The summed E-state index contributed by atoms with van der Waals surface area (Å²) in [5, 5.41) is 9.86. The van der Waals surface area contributed by atoms with Gasteiger partial charge in [0.2, 0.25) is 0 Å². The van der Waals surface area contributed by atoms with Crippen LogP contribution in [-0.4, -0.2) is 10.7 Å². The highest BCUT2D eigenvalue weighted by molar-refractivity contribution is 5.79. The minimum Gasteiger partial charge on any atom is -0.397 e. The van der Waals surface area contributed by atoms with Crippen molar-refractivity contribution in [2.24, 2.45) is 0 Å². The molecule has 0 fully saturated rings. The minimum atomic E-state index is -4.46. The number of aliphatic hydroxyl groups is 1. The van der Waals surface area contributed by atoms with Crippen LogP contribution in [0.3, 0.4) is 0 Å². The number of hydrogen-bond acceptors (Lipinski definition) is 3. The van der Waals surface area contributed by atoms with Crippen LogP contribution in [-0.2, 0) is 12.6 Å². The molecule has 0 bridgehead atoms. The molecule has 0 saturated heterocycles. The van der Waals surface area contributed by atoms with Gasteiger partial charge < -0.3 is 16.6 Å². The number of rotatable bonds is 4. The molecule has 2 aromatic carbocycles. The lowest BCUT2D eigenvalue weighted by atomic mass is 9.92. The van der Waals surface area contributed by atoms with Gasteiger partial charge in [-0.15, -0.1) is 0 Å². The maximum absolute atomic E-state index is 13.2. The van der Waals surface area contributed by atoms with E-state index in [4.69, 9.17) is 11.5 Å². The third kappa shape index (κ3) is 4.20. The fraction of sp³-hybridized carbons (Fsp3) is 0.333. The highest BCUT2D eigenvalue weighted by Crippen LogP contribution is 2.39. The first-order valence-electron chi connectivity index (χ1n) is 7.56. The van der Waals surface area contributed by atoms with Gasteiger partial charge in [0.25, 0.3) is 0 Å². The molecule has 3 nitrogen and oxygen atoms in total. The number of halogens is 3. The standard InChI is InChI=1S/C18H21F3N2O/c1-17(2,24)8-7-11-9-12(10-15(22)16(11)23)13-5-3-4-6-14(13)18(19,20)21/h3-6,9-10,24H,7-8,22-23H2,1-2H3. The molecule has 0 aliphatic carbocycles. The number of nitrogen functional groups attached to an aromatic ring is 2. The fourth-order valence-corrected chi connectivity index (χ4v) is 2.52. The lowest BCUT2D eigenvalue weighted by molar-refractivity contribution is -0.137. The average Bonchev–Trinajstić information content (AvgIpc) is 2.47. The number of nitrogens with two attached hydrogens (primary N) is 2. The molecule has 0 heterocycles. The van der Waals surface area contributed by atoms with Crippen LogP contribution in [0.15, 0.2) is 36.4 Å². The first-order valence-corrected chi connectivity index (χ1v) is 7.56. The zero-order valence-electron chi connectivity index (χ0n) is 13.6. The van der Waals surface area contributed by atoms with Crippen molar-refractivity contribution in [1.82, 2.24) is 0 Å². The molecule has 0 atom stereocenters. The molecular formula is C18H21F3N2O. The van der Waals surface area contributed by atoms with Gasteiger partial charge >= 0.3 is 6.18 Å². The van der Waals surface area contributed by atoms with E-state index in [0.717, 1.165) is 6.07 Å². The van der Waals surface area contributed by atoms with Crippen molar-refractivity contribution in [3.63, 3.8) is 0 Å². The molecule has 0 unspecified atom stereocenters. The average molecular weight is 338 g/mol. The lowest BCUT2D eigenvalue weighted by Crippen LogP contribution is -2.19. The van der Waals surface area contributed by atoms with Crippen LogP contribution in [0.25, 0.3) is 11.1 Å². The van der Waals surface area contributed by atoms with E-state index in [1.807, 2.05) is 0 Å². The summed E-state index contributed by atoms with van der Waals surface area (Å²) >= 11 is 0. The predicted octanol–water partition coefficient (Wildman–Crippen LogP) is 4.24. The molecule has 0 saturated carbocycles. The van der Waals surface area contributed by atoms with Crippen LogP contribution in [0.1, 0.15) is 31.4 Å². The van der Waals surface area contributed by atoms with Gasteiger partial charge in [0.15, 0.2) is 0 Å². The van der Waals surface area contributed by atoms with Crippen LogP contribution in [0.2, 0.25) is 0 Å². The van der Waals surface area contributed by atoms with Crippen molar-refractivity contribution in [2.45, 2.75) is 38.5 Å². The van der Waals surface area contributed by atoms with Crippen molar-refractivity contribution in [3.8, 4) is 11.1 Å². The number of alkyl halides is 3. The van der Waals surface area contributed by atoms with Crippen LogP contribution in [0.4, 0.5) is 24.5 Å². The Morgan fingerprint density at radius 3 is 2.25 bits per heavy atom. The van der Waals surface area contributed by atoms with Crippen molar-refractivity contribution in [2.75, 3.05) is 11.5 Å². The van der Waals surface area contributed by atoms with Crippen molar-refractivity contribution >= 4 is 11.4 Å². The molecule has 0 spiro atoms. The summed E-state index contributed by atoms with van der Waals surface area (Å²) < 4.78 is 39.7. The summed E-state index contributed by atoms with van der Waals surface area (Å²) in [6.45, 7) is 3.32. The van der Waals surface area contributed by atoms with Crippen molar-refractivity contribution < 1.29 is 18.3 Å². The SMILES string of the molecule is CC(C)(O)CCc1cc(-c2ccccc2C(F)(F)F)cc(N)c1N. The Kier molecular flexibility index (Phi) is 4.80. The van der Waals surface area contributed by atoms with Crippen LogP contribution < -0.4 is 11.5 Å². The molecule has 0 aliphatic rings. The first kappa shape index (κ1) is 18.1. The summed E-state index contributed by atoms with van der Waals surface area (Å²) in [6, 6.07) is 8.41. The summed E-state index contributed by atoms with van der Waals surface area (Å²) in [5.41, 5.74) is 11.8. The molecule has 5 N–H and O–H groups in total. The molecule has 2 rings (SSSR count). The van der Waals surface area contributed by atoms with Crippen molar-refractivity contribution in [3.05, 3.63) is 47.5 Å². The van der Waals surface area contributed by atoms with E-state index in [9.17, 15) is 18.3 Å². The number of anilines is 2. The van der Waals surface area contributed by atoms with Crippen molar-refractivity contribution in [1.29, 1.82) is 0 Å². The molecule has 2 aromatic rings. The van der Waals surface area contributed by atoms with E-state index >= 15 is 0 Å². The number of hydrogen-bond donors (Lipinski definition) is 3. The van der Waals surface area contributed by atoms with Gasteiger partial charge in [-0.1, -0.05) is 18.2 Å². The zero-order valence-corrected chi connectivity index (χ0v) is 13.6. The van der Waals surface area contributed by atoms with Gasteiger partial charge in [0.05, 0.1) is 22.5 Å². The second-order valence-electron chi connectivity index (χ2n) is 6.49. The summed E-state index contributed by atoms with van der Waals surface area (Å²) in [6.07, 6.45) is -3.62. The van der Waals surface area contributed by atoms with Crippen LogP contribution in [0.5, 0.6) is 0 Å². The molecule has 6 heteroatoms. The Labute approximate surface area is 139 Å². The highest BCUT2D eigenvalue weighted by atomic mass is 19.4. The van der Waals surface area contributed by atoms with Gasteiger partial charge in [-0.2, -0.15) is 13.2 Å². The largest absolute Gasteiger partial charge is 0.417 e. The van der Waals surface area contributed by atoms with Gasteiger partial charge in [-0.25, -0.2) is 0 Å². The maximum Gasteiger partial charge on any atom is 0.417 e. The monoisotopic (exact) mass is 338 g/mol. The molecule has 0 amide bonds. The lowest BCUT2D eigenvalue weighted by Gasteiger charge is -2.19. The Morgan fingerprint density at radius 1 is 1.04 bits per heavy atom. The first-order chi connectivity index (χ1) is 11.0. The second kappa shape index (κ2) is 6.36. The minimum absolute atomic E-state index is 0.0567. The molecule has 0 radical (unpaired) electrons. The Morgan fingerprint density at radius 2 is 1.67 bits per heavy atom. The van der Waals surface area contributed by atoms with E-state index in [-0.39, 0.29) is 11.3 Å². The zero-order chi connectivity index (χ0) is 18.1. The van der Waals surface area contributed by atoms with Crippen LogP contribution >= 0.6 is 0 Å². The Balaban J connectivity index is 2.52. The summed E-state index contributed by atoms with van der Waals surface area (Å²) in [7, 11) is 0. The summed E-state index contributed by atoms with van der Waals surface area (Å²) in [5.74, 6) is 0. The topological polar surface area (TPSA) is 72.3 Å². The molecule has 24 heavy (non-hydrogen) atoms. The van der Waals surface area contributed by atoms with Gasteiger partial charge in [-0.3, -0.25) is 0 Å². The van der Waals surface area contributed by atoms with E-state index in [1.165, 1.54) is 18.2 Å². The third-order valence-corrected chi connectivity index (χ3v) is 3.85. The smallest absolute Gasteiger partial charge is 0.397 e. The number of aryl methyl sites for hydroxylation is 1. The Bertz CT molecular complexity index is 734. The van der Waals surface area contributed by atoms with E-state index in [2.05, 4.69) is 0 Å². The van der Waals surface area contributed by atoms with Gasteiger partial charge in [-0.05, 0) is 61.6 Å². The molecule has 0 aromatic heterocycles.